The Hall–Kier alpha value is -3.85. The molecule has 0 saturated carbocycles. The first kappa shape index (κ1) is 21.4. The minimum atomic E-state index is -2.88. The molecule has 0 spiro atoms. The molecule has 0 unspecified atom stereocenters. The molecule has 0 bridgehead atoms. The standard InChI is InChI=1S/C23H19F2N5OS/c1-29(18-5-3-2-4-6-18)19-11-7-16(8-12-19)15-26-30-21(27-28-23(30)32)17-9-13-20(14-10-17)31-22(24)25/h2-15,22H,1H3,(H,28,32). The molecule has 0 radical (unpaired) electrons. The molecule has 0 aliphatic heterocycles. The van der Waals surface area contributed by atoms with E-state index in [1.165, 1.54) is 16.8 Å². The molecule has 3 aromatic carbocycles. The Bertz CT molecular complexity index is 1250. The van der Waals surface area contributed by atoms with Crippen molar-refractivity contribution in [2.75, 3.05) is 11.9 Å². The highest BCUT2D eigenvalue weighted by atomic mass is 32.1. The van der Waals surface area contributed by atoms with Gasteiger partial charge in [-0.3, -0.25) is 0 Å². The molecule has 32 heavy (non-hydrogen) atoms. The predicted molar refractivity (Wildman–Crippen MR) is 123 cm³/mol. The molecular formula is C23H19F2N5OS. The number of nitrogens with one attached hydrogen (secondary N) is 1. The van der Waals surface area contributed by atoms with E-state index in [1.54, 1.807) is 18.3 Å². The lowest BCUT2D eigenvalue weighted by Gasteiger charge is -2.19. The normalized spacial score (nSPS) is 11.2. The van der Waals surface area contributed by atoms with Crippen molar-refractivity contribution in [1.82, 2.24) is 14.9 Å². The zero-order valence-electron chi connectivity index (χ0n) is 17.0. The minimum absolute atomic E-state index is 0.0634. The fourth-order valence-electron chi connectivity index (χ4n) is 3.08. The van der Waals surface area contributed by atoms with E-state index in [4.69, 9.17) is 12.2 Å². The van der Waals surface area contributed by atoms with Gasteiger partial charge in [-0.05, 0) is 66.3 Å². The van der Waals surface area contributed by atoms with Crippen molar-refractivity contribution >= 4 is 29.8 Å². The average molecular weight is 452 g/mol. The number of hydrogen-bond acceptors (Lipinski definition) is 5. The van der Waals surface area contributed by atoms with Crippen molar-refractivity contribution in [2.24, 2.45) is 5.10 Å². The summed E-state index contributed by atoms with van der Waals surface area (Å²) in [5.74, 6) is 0.517. The van der Waals surface area contributed by atoms with Gasteiger partial charge in [0, 0.05) is 24.0 Å². The highest BCUT2D eigenvalue weighted by Gasteiger charge is 2.10. The van der Waals surface area contributed by atoms with Crippen LogP contribution >= 0.6 is 12.2 Å². The van der Waals surface area contributed by atoms with Gasteiger partial charge >= 0.3 is 6.61 Å². The number of nitrogens with zero attached hydrogens (tertiary/aromatic N) is 4. The third-order valence-corrected chi connectivity index (χ3v) is 5.00. The highest BCUT2D eigenvalue weighted by Crippen LogP contribution is 2.24. The number of aromatic nitrogens is 3. The van der Waals surface area contributed by atoms with Gasteiger partial charge in [0.1, 0.15) is 5.75 Å². The second kappa shape index (κ2) is 9.52. The Labute approximate surface area is 188 Å². The van der Waals surface area contributed by atoms with Crippen molar-refractivity contribution in [3.05, 3.63) is 89.2 Å². The van der Waals surface area contributed by atoms with Gasteiger partial charge in [0.05, 0.1) is 6.21 Å². The predicted octanol–water partition coefficient (Wildman–Crippen LogP) is 5.86. The molecule has 0 fully saturated rings. The van der Waals surface area contributed by atoms with Gasteiger partial charge in [0.2, 0.25) is 4.77 Å². The topological polar surface area (TPSA) is 58.4 Å². The van der Waals surface area contributed by atoms with Crippen molar-refractivity contribution < 1.29 is 13.5 Å². The van der Waals surface area contributed by atoms with Gasteiger partial charge in [-0.2, -0.15) is 23.7 Å². The van der Waals surface area contributed by atoms with Crippen molar-refractivity contribution in [2.45, 2.75) is 6.61 Å². The summed E-state index contributed by atoms with van der Waals surface area (Å²) >= 11 is 5.28. The lowest BCUT2D eigenvalue weighted by molar-refractivity contribution is -0.0498. The van der Waals surface area contributed by atoms with Gasteiger partial charge in [-0.1, -0.05) is 30.3 Å². The van der Waals surface area contributed by atoms with Gasteiger partial charge in [-0.25, -0.2) is 5.10 Å². The molecule has 0 amide bonds. The Morgan fingerprint density at radius 1 is 1.00 bits per heavy atom. The maximum Gasteiger partial charge on any atom is 0.387 e. The second-order valence-electron chi connectivity index (χ2n) is 6.80. The first-order valence-corrected chi connectivity index (χ1v) is 10.1. The molecule has 4 aromatic rings. The molecule has 4 rings (SSSR count). The number of para-hydroxylation sites is 1. The summed E-state index contributed by atoms with van der Waals surface area (Å²) in [6.07, 6.45) is 1.68. The van der Waals surface area contributed by atoms with Crippen LogP contribution in [0.4, 0.5) is 20.2 Å². The van der Waals surface area contributed by atoms with E-state index < -0.39 is 6.61 Å². The number of rotatable bonds is 7. The van der Waals surface area contributed by atoms with Crippen LogP contribution in [0.5, 0.6) is 5.75 Å². The largest absolute Gasteiger partial charge is 0.435 e. The van der Waals surface area contributed by atoms with E-state index in [-0.39, 0.29) is 5.75 Å². The van der Waals surface area contributed by atoms with E-state index in [2.05, 4.69) is 24.9 Å². The van der Waals surface area contributed by atoms with Crippen LogP contribution < -0.4 is 9.64 Å². The number of aromatic amines is 1. The Morgan fingerprint density at radius 2 is 1.66 bits per heavy atom. The molecule has 1 aromatic heterocycles. The lowest BCUT2D eigenvalue weighted by Crippen LogP contribution is -2.08. The van der Waals surface area contributed by atoms with E-state index in [9.17, 15) is 8.78 Å². The maximum absolute atomic E-state index is 12.3. The number of H-pyrrole nitrogens is 1. The van der Waals surface area contributed by atoms with Crippen molar-refractivity contribution in [3.8, 4) is 17.1 Å². The molecular weight excluding hydrogens is 432 g/mol. The molecule has 1 N–H and O–H groups in total. The summed E-state index contributed by atoms with van der Waals surface area (Å²) in [6.45, 7) is -2.88. The number of ether oxygens (including phenoxy) is 1. The number of alkyl halides is 2. The van der Waals surface area contributed by atoms with Crippen molar-refractivity contribution in [1.29, 1.82) is 0 Å². The molecule has 162 valence electrons. The van der Waals surface area contributed by atoms with Crippen LogP contribution in [0.2, 0.25) is 0 Å². The molecule has 9 heteroatoms. The molecule has 0 atom stereocenters. The Kier molecular flexibility index (Phi) is 6.37. The number of halogens is 2. The number of anilines is 2. The maximum atomic E-state index is 12.3. The van der Waals surface area contributed by atoms with Gasteiger partial charge in [0.15, 0.2) is 5.82 Å². The monoisotopic (exact) mass is 451 g/mol. The third kappa shape index (κ3) is 4.89. The Balaban J connectivity index is 1.53. The second-order valence-corrected chi connectivity index (χ2v) is 7.18. The SMILES string of the molecule is CN(c1ccccc1)c1ccc(C=Nn2c(-c3ccc(OC(F)F)cc3)n[nH]c2=S)cc1. The Morgan fingerprint density at radius 3 is 2.31 bits per heavy atom. The summed E-state index contributed by atoms with van der Waals surface area (Å²) < 4.78 is 30.9. The van der Waals surface area contributed by atoms with E-state index in [1.807, 2.05) is 61.6 Å². The fraction of sp³-hybridized carbons (Fsp3) is 0.0870. The fourth-order valence-corrected chi connectivity index (χ4v) is 3.26. The van der Waals surface area contributed by atoms with E-state index in [0.717, 1.165) is 16.9 Å². The van der Waals surface area contributed by atoms with Crippen LogP contribution in [-0.4, -0.2) is 34.7 Å². The molecule has 0 aliphatic rings. The van der Waals surface area contributed by atoms with Gasteiger partial charge in [-0.15, -0.1) is 0 Å². The summed E-state index contributed by atoms with van der Waals surface area (Å²) in [6, 6.07) is 24.1. The van der Waals surface area contributed by atoms with Crippen molar-refractivity contribution in [3.63, 3.8) is 0 Å². The number of hydrogen-bond donors (Lipinski definition) is 1. The summed E-state index contributed by atoms with van der Waals surface area (Å²) in [5.41, 5.74) is 3.66. The lowest BCUT2D eigenvalue weighted by atomic mass is 10.2. The molecule has 1 heterocycles. The van der Waals surface area contributed by atoms with E-state index >= 15 is 0 Å². The average Bonchev–Trinajstić information content (AvgIpc) is 3.18. The van der Waals surface area contributed by atoms with Crippen LogP contribution in [0.15, 0.2) is 84.0 Å². The molecule has 0 aliphatic carbocycles. The molecule has 0 saturated heterocycles. The highest BCUT2D eigenvalue weighted by molar-refractivity contribution is 7.71. The van der Waals surface area contributed by atoms with Crippen LogP contribution in [0, 0.1) is 4.77 Å². The van der Waals surface area contributed by atoms with Crippen LogP contribution in [-0.2, 0) is 0 Å². The summed E-state index contributed by atoms with van der Waals surface area (Å²) in [5, 5.41) is 11.3. The smallest absolute Gasteiger partial charge is 0.387 e. The quantitative estimate of drug-likeness (QED) is 0.282. The minimum Gasteiger partial charge on any atom is -0.435 e. The van der Waals surface area contributed by atoms with Crippen LogP contribution in [0.3, 0.4) is 0 Å². The first-order chi connectivity index (χ1) is 15.5. The molecule has 6 nitrogen and oxygen atoms in total. The van der Waals surface area contributed by atoms with Crippen LogP contribution in [0.25, 0.3) is 11.4 Å². The van der Waals surface area contributed by atoms with Crippen LogP contribution in [0.1, 0.15) is 5.56 Å². The van der Waals surface area contributed by atoms with Gasteiger partial charge < -0.3 is 9.64 Å². The number of benzene rings is 3. The third-order valence-electron chi connectivity index (χ3n) is 4.73. The van der Waals surface area contributed by atoms with Gasteiger partial charge in [0.25, 0.3) is 0 Å². The van der Waals surface area contributed by atoms with E-state index in [0.29, 0.717) is 16.2 Å². The first-order valence-electron chi connectivity index (χ1n) is 9.67. The zero-order chi connectivity index (χ0) is 22.5. The summed E-state index contributed by atoms with van der Waals surface area (Å²) in [4.78, 5) is 2.09. The zero-order valence-corrected chi connectivity index (χ0v) is 17.8. The summed E-state index contributed by atoms with van der Waals surface area (Å²) in [7, 11) is 2.01.